The molecule has 23 heavy (non-hydrogen) atoms. The van der Waals surface area contributed by atoms with E-state index in [-0.39, 0.29) is 5.56 Å². The Hall–Kier alpha value is -2.33. The minimum atomic E-state index is -0.0413. The van der Waals surface area contributed by atoms with Crippen LogP contribution in [0.25, 0.3) is 16.7 Å². The van der Waals surface area contributed by atoms with Gasteiger partial charge in [0.05, 0.1) is 5.69 Å². The normalized spacial score (nSPS) is 14.6. The Balaban J connectivity index is 2.04. The summed E-state index contributed by atoms with van der Waals surface area (Å²) >= 11 is 6.12. The van der Waals surface area contributed by atoms with Gasteiger partial charge in [-0.3, -0.25) is 9.36 Å². The van der Waals surface area contributed by atoms with Crippen molar-refractivity contribution in [2.75, 3.05) is 18.0 Å². The highest BCUT2D eigenvalue weighted by molar-refractivity contribution is 6.30. The van der Waals surface area contributed by atoms with Gasteiger partial charge in [0.1, 0.15) is 11.3 Å². The first kappa shape index (κ1) is 14.3. The van der Waals surface area contributed by atoms with Crippen LogP contribution in [0.5, 0.6) is 0 Å². The summed E-state index contributed by atoms with van der Waals surface area (Å²) in [6, 6.07) is 13.2. The highest BCUT2D eigenvalue weighted by Gasteiger charge is 2.19. The maximum Gasteiger partial charge on any atom is 0.280 e. The van der Waals surface area contributed by atoms with Crippen molar-refractivity contribution in [3.05, 3.63) is 64.0 Å². The van der Waals surface area contributed by atoms with Crippen LogP contribution in [0, 0.1) is 0 Å². The predicted molar refractivity (Wildman–Crippen MR) is 93.8 cm³/mol. The van der Waals surface area contributed by atoms with Gasteiger partial charge in [-0.05, 0) is 49.2 Å². The molecule has 4 rings (SSSR count). The lowest BCUT2D eigenvalue weighted by atomic mass is 10.2. The summed E-state index contributed by atoms with van der Waals surface area (Å²) in [7, 11) is 0. The minimum absolute atomic E-state index is 0.0413. The number of rotatable bonds is 2. The molecule has 1 aliphatic heterocycles. The third-order valence-corrected chi connectivity index (χ3v) is 4.49. The Morgan fingerprint density at radius 2 is 1.87 bits per heavy atom. The Morgan fingerprint density at radius 1 is 1.04 bits per heavy atom. The van der Waals surface area contributed by atoms with E-state index in [1.54, 1.807) is 22.9 Å². The van der Waals surface area contributed by atoms with Crippen LogP contribution >= 0.6 is 11.6 Å². The van der Waals surface area contributed by atoms with Crippen molar-refractivity contribution in [2.24, 2.45) is 0 Å². The molecule has 0 unspecified atom stereocenters. The van der Waals surface area contributed by atoms with E-state index in [9.17, 15) is 4.79 Å². The molecule has 0 spiro atoms. The van der Waals surface area contributed by atoms with Gasteiger partial charge in [0, 0.05) is 29.7 Å². The molecule has 5 heteroatoms. The van der Waals surface area contributed by atoms with Crippen LogP contribution in [-0.4, -0.2) is 22.6 Å². The second-order valence-electron chi connectivity index (χ2n) is 5.76. The van der Waals surface area contributed by atoms with Gasteiger partial charge in [-0.2, -0.15) is 0 Å². The zero-order valence-electron chi connectivity index (χ0n) is 12.6. The van der Waals surface area contributed by atoms with E-state index in [4.69, 9.17) is 11.6 Å². The number of nitrogens with zero attached hydrogens (tertiary/aromatic N) is 3. The van der Waals surface area contributed by atoms with Crippen LogP contribution in [0.4, 0.5) is 5.69 Å². The van der Waals surface area contributed by atoms with Crippen molar-refractivity contribution in [3.8, 4) is 5.69 Å². The van der Waals surface area contributed by atoms with Crippen molar-refractivity contribution in [1.29, 1.82) is 0 Å². The van der Waals surface area contributed by atoms with Gasteiger partial charge in [-0.15, -0.1) is 0 Å². The SMILES string of the molecule is O=c1c(N2CCCC2)cc2cccnc2n1-c1cccc(Cl)c1. The average Bonchev–Trinajstić information content (AvgIpc) is 3.08. The number of benzene rings is 1. The molecule has 0 amide bonds. The topological polar surface area (TPSA) is 38.1 Å². The summed E-state index contributed by atoms with van der Waals surface area (Å²) in [6.07, 6.45) is 3.96. The largest absolute Gasteiger partial charge is 0.367 e. The first-order valence-corrected chi connectivity index (χ1v) is 8.13. The van der Waals surface area contributed by atoms with E-state index in [0.29, 0.717) is 10.7 Å². The lowest BCUT2D eigenvalue weighted by Crippen LogP contribution is -2.30. The molecule has 0 aliphatic carbocycles. The third kappa shape index (κ3) is 2.49. The summed E-state index contributed by atoms with van der Waals surface area (Å²) in [5.74, 6) is 0. The summed E-state index contributed by atoms with van der Waals surface area (Å²) in [5, 5.41) is 1.55. The molecule has 1 aromatic carbocycles. The van der Waals surface area contributed by atoms with Gasteiger partial charge in [0.15, 0.2) is 0 Å². The molecular formula is C18H16ClN3O. The van der Waals surface area contributed by atoms with E-state index >= 15 is 0 Å². The van der Waals surface area contributed by atoms with Gasteiger partial charge in [0.25, 0.3) is 5.56 Å². The fraction of sp³-hybridized carbons (Fsp3) is 0.222. The fourth-order valence-electron chi connectivity index (χ4n) is 3.17. The van der Waals surface area contributed by atoms with Crippen LogP contribution < -0.4 is 10.5 Å². The van der Waals surface area contributed by atoms with Gasteiger partial charge in [-0.25, -0.2) is 4.98 Å². The quantitative estimate of drug-likeness (QED) is 0.722. The summed E-state index contributed by atoms with van der Waals surface area (Å²) < 4.78 is 1.66. The smallest absolute Gasteiger partial charge is 0.280 e. The van der Waals surface area contributed by atoms with Crippen molar-refractivity contribution >= 4 is 28.3 Å². The second kappa shape index (κ2) is 5.70. The molecule has 1 aliphatic rings. The van der Waals surface area contributed by atoms with Crippen molar-refractivity contribution in [2.45, 2.75) is 12.8 Å². The number of pyridine rings is 2. The third-order valence-electron chi connectivity index (χ3n) is 4.26. The van der Waals surface area contributed by atoms with Gasteiger partial charge < -0.3 is 4.90 Å². The van der Waals surface area contributed by atoms with Gasteiger partial charge in [-0.1, -0.05) is 17.7 Å². The predicted octanol–water partition coefficient (Wildman–Crippen LogP) is 3.64. The molecule has 0 radical (unpaired) electrons. The zero-order chi connectivity index (χ0) is 15.8. The Morgan fingerprint density at radius 3 is 2.65 bits per heavy atom. The lowest BCUT2D eigenvalue weighted by molar-refractivity contribution is 0.925. The van der Waals surface area contributed by atoms with E-state index < -0.39 is 0 Å². The van der Waals surface area contributed by atoms with Crippen molar-refractivity contribution < 1.29 is 0 Å². The highest BCUT2D eigenvalue weighted by Crippen LogP contribution is 2.23. The molecule has 116 valence electrons. The number of aromatic nitrogens is 2. The highest BCUT2D eigenvalue weighted by atomic mass is 35.5. The van der Waals surface area contributed by atoms with E-state index in [1.165, 1.54) is 0 Å². The monoisotopic (exact) mass is 325 g/mol. The van der Waals surface area contributed by atoms with E-state index in [2.05, 4.69) is 9.88 Å². The number of hydrogen-bond acceptors (Lipinski definition) is 3. The van der Waals surface area contributed by atoms with Gasteiger partial charge in [0.2, 0.25) is 0 Å². The van der Waals surface area contributed by atoms with Crippen LogP contribution in [0.15, 0.2) is 53.5 Å². The van der Waals surface area contributed by atoms with E-state index in [1.807, 2.05) is 30.3 Å². The summed E-state index contributed by atoms with van der Waals surface area (Å²) in [5.41, 5.74) is 2.10. The molecule has 2 aromatic heterocycles. The lowest BCUT2D eigenvalue weighted by Gasteiger charge is -2.19. The molecule has 1 fully saturated rings. The standard InChI is InChI=1S/C18H16ClN3O/c19-14-6-3-7-15(12-14)22-17-13(5-4-8-20-17)11-16(18(22)23)21-9-1-2-10-21/h3-8,11-12H,1-2,9-10H2. The Bertz CT molecular complexity index is 929. The molecule has 3 aromatic rings. The maximum absolute atomic E-state index is 13.1. The van der Waals surface area contributed by atoms with Crippen LogP contribution in [-0.2, 0) is 0 Å². The molecular weight excluding hydrogens is 310 g/mol. The van der Waals surface area contributed by atoms with Crippen molar-refractivity contribution in [3.63, 3.8) is 0 Å². The Labute approximate surface area is 138 Å². The Kier molecular flexibility index (Phi) is 3.54. The molecule has 0 atom stereocenters. The summed E-state index contributed by atoms with van der Waals surface area (Å²) in [4.78, 5) is 19.7. The molecule has 0 saturated carbocycles. The van der Waals surface area contributed by atoms with Crippen LogP contribution in [0.1, 0.15) is 12.8 Å². The second-order valence-corrected chi connectivity index (χ2v) is 6.20. The number of halogens is 1. The first-order valence-electron chi connectivity index (χ1n) is 7.76. The molecule has 0 N–H and O–H groups in total. The number of hydrogen-bond donors (Lipinski definition) is 0. The number of anilines is 1. The van der Waals surface area contributed by atoms with E-state index in [0.717, 1.165) is 42.7 Å². The van der Waals surface area contributed by atoms with Crippen LogP contribution in [0.3, 0.4) is 0 Å². The minimum Gasteiger partial charge on any atom is -0.367 e. The first-order chi connectivity index (χ1) is 11.2. The maximum atomic E-state index is 13.1. The van der Waals surface area contributed by atoms with Crippen molar-refractivity contribution in [1.82, 2.24) is 9.55 Å². The molecule has 4 nitrogen and oxygen atoms in total. The average molecular weight is 326 g/mol. The molecule has 1 saturated heterocycles. The zero-order valence-corrected chi connectivity index (χ0v) is 13.3. The van der Waals surface area contributed by atoms with Gasteiger partial charge >= 0.3 is 0 Å². The fourth-order valence-corrected chi connectivity index (χ4v) is 3.35. The number of fused-ring (bicyclic) bond motifs is 1. The molecule has 3 heterocycles. The van der Waals surface area contributed by atoms with Crippen LogP contribution in [0.2, 0.25) is 5.02 Å². The molecule has 0 bridgehead atoms. The summed E-state index contributed by atoms with van der Waals surface area (Å²) in [6.45, 7) is 1.85.